The maximum atomic E-state index is 12.2. The van der Waals surface area contributed by atoms with Gasteiger partial charge in [0.05, 0.1) is 12.9 Å². The summed E-state index contributed by atoms with van der Waals surface area (Å²) in [7, 11) is -1.84. The lowest BCUT2D eigenvalue weighted by Gasteiger charge is -2.28. The van der Waals surface area contributed by atoms with Crippen molar-refractivity contribution in [3.05, 3.63) is 29.3 Å². The van der Waals surface area contributed by atoms with E-state index in [-0.39, 0.29) is 18.6 Å². The molecule has 0 amide bonds. The van der Waals surface area contributed by atoms with Gasteiger partial charge in [-0.3, -0.25) is 4.79 Å². The van der Waals surface area contributed by atoms with Crippen molar-refractivity contribution in [1.29, 1.82) is 0 Å². The van der Waals surface area contributed by atoms with Crippen LogP contribution in [-0.2, 0) is 27.8 Å². The van der Waals surface area contributed by atoms with Crippen LogP contribution in [-0.4, -0.2) is 43.2 Å². The lowest BCUT2D eigenvalue weighted by molar-refractivity contribution is -0.137. The van der Waals surface area contributed by atoms with Gasteiger partial charge in [-0.25, -0.2) is 8.42 Å². The number of fused-ring (bicyclic) bond motifs is 1. The first-order valence-corrected chi connectivity index (χ1v) is 8.39. The minimum atomic E-state index is -3.41. The Bertz CT molecular complexity index is 626. The molecule has 7 heteroatoms. The molecule has 116 valence electrons. The summed E-state index contributed by atoms with van der Waals surface area (Å²) in [5.74, 6) is -0.392. The minimum absolute atomic E-state index is 0.126. The van der Waals surface area contributed by atoms with Gasteiger partial charge in [0.1, 0.15) is 5.75 Å². The van der Waals surface area contributed by atoms with Crippen molar-refractivity contribution in [2.24, 2.45) is 0 Å². The first-order valence-electron chi connectivity index (χ1n) is 6.78. The van der Waals surface area contributed by atoms with E-state index in [1.165, 1.54) is 4.31 Å². The molecule has 0 unspecified atom stereocenters. The SMILES string of the molecule is COc1ccc2c(c1)CN(S(=O)(=O)CCCC(=O)O)CC2. The van der Waals surface area contributed by atoms with Crippen LogP contribution in [0.25, 0.3) is 0 Å². The Hall–Kier alpha value is -1.60. The van der Waals surface area contributed by atoms with Crippen LogP contribution in [0.15, 0.2) is 18.2 Å². The normalized spacial score (nSPS) is 15.5. The van der Waals surface area contributed by atoms with E-state index in [9.17, 15) is 13.2 Å². The predicted octanol–water partition coefficient (Wildman–Crippen LogP) is 1.25. The standard InChI is InChI=1S/C14H19NO5S/c1-20-13-5-4-11-6-7-15(10-12(11)9-13)21(18,19)8-2-3-14(16)17/h4-5,9H,2-3,6-8,10H2,1H3,(H,16,17). The van der Waals surface area contributed by atoms with Crippen LogP contribution in [0.3, 0.4) is 0 Å². The molecule has 6 nitrogen and oxygen atoms in total. The first-order chi connectivity index (χ1) is 9.92. The molecular weight excluding hydrogens is 294 g/mol. The fraction of sp³-hybridized carbons (Fsp3) is 0.500. The van der Waals surface area contributed by atoms with E-state index in [4.69, 9.17) is 9.84 Å². The molecule has 0 aliphatic carbocycles. The largest absolute Gasteiger partial charge is 0.497 e. The predicted molar refractivity (Wildman–Crippen MR) is 77.8 cm³/mol. The Kier molecular flexibility index (Phi) is 4.84. The second kappa shape index (κ2) is 6.44. The smallest absolute Gasteiger partial charge is 0.303 e. The fourth-order valence-corrected chi connectivity index (χ4v) is 3.88. The molecule has 1 aromatic carbocycles. The summed E-state index contributed by atoms with van der Waals surface area (Å²) in [5, 5.41) is 8.59. The lowest BCUT2D eigenvalue weighted by Crippen LogP contribution is -2.37. The highest BCUT2D eigenvalue weighted by Gasteiger charge is 2.26. The number of methoxy groups -OCH3 is 1. The highest BCUT2D eigenvalue weighted by atomic mass is 32.2. The maximum absolute atomic E-state index is 12.2. The molecule has 0 atom stereocenters. The summed E-state index contributed by atoms with van der Waals surface area (Å²) in [6.07, 6.45) is 0.675. The number of carbonyl (C=O) groups is 1. The lowest BCUT2D eigenvalue weighted by atomic mass is 10.0. The highest BCUT2D eigenvalue weighted by molar-refractivity contribution is 7.89. The van der Waals surface area contributed by atoms with Crippen LogP contribution in [0.4, 0.5) is 0 Å². The number of nitrogens with zero attached hydrogens (tertiary/aromatic N) is 1. The van der Waals surface area contributed by atoms with E-state index < -0.39 is 16.0 Å². The molecule has 1 aromatic rings. The molecule has 1 aliphatic heterocycles. The van der Waals surface area contributed by atoms with Crippen molar-refractivity contribution in [2.45, 2.75) is 25.8 Å². The van der Waals surface area contributed by atoms with Crippen molar-refractivity contribution in [1.82, 2.24) is 4.31 Å². The molecule has 21 heavy (non-hydrogen) atoms. The first kappa shape index (κ1) is 15.8. The number of carboxylic acid groups (broad SMARTS) is 1. The Morgan fingerprint density at radius 3 is 2.81 bits per heavy atom. The van der Waals surface area contributed by atoms with E-state index in [1.807, 2.05) is 18.2 Å². The van der Waals surface area contributed by atoms with Gasteiger partial charge in [0.2, 0.25) is 10.0 Å². The molecule has 0 bridgehead atoms. The summed E-state index contributed by atoms with van der Waals surface area (Å²) in [6, 6.07) is 5.69. The van der Waals surface area contributed by atoms with Gasteiger partial charge in [-0.2, -0.15) is 4.31 Å². The molecule has 0 spiro atoms. The average Bonchev–Trinajstić information content (AvgIpc) is 2.45. The van der Waals surface area contributed by atoms with Crippen molar-refractivity contribution >= 4 is 16.0 Å². The van der Waals surface area contributed by atoms with Crippen molar-refractivity contribution in [3.8, 4) is 5.75 Å². The molecule has 0 saturated heterocycles. The quantitative estimate of drug-likeness (QED) is 0.854. The summed E-state index contributed by atoms with van der Waals surface area (Å²) in [5.41, 5.74) is 2.08. The van der Waals surface area contributed by atoms with Crippen molar-refractivity contribution in [2.75, 3.05) is 19.4 Å². The Labute approximate surface area is 124 Å². The third-order valence-electron chi connectivity index (χ3n) is 3.58. The zero-order chi connectivity index (χ0) is 15.5. The number of rotatable bonds is 6. The van der Waals surface area contributed by atoms with Gasteiger partial charge >= 0.3 is 5.97 Å². The van der Waals surface area contributed by atoms with E-state index in [2.05, 4.69) is 0 Å². The van der Waals surface area contributed by atoms with E-state index in [0.717, 1.165) is 11.1 Å². The number of hydrogen-bond acceptors (Lipinski definition) is 4. The zero-order valence-corrected chi connectivity index (χ0v) is 12.7. The molecule has 0 aromatic heterocycles. The van der Waals surface area contributed by atoms with E-state index >= 15 is 0 Å². The molecule has 1 aliphatic rings. The summed E-state index contributed by atoms with van der Waals surface area (Å²) in [6.45, 7) is 0.761. The third kappa shape index (κ3) is 3.95. The number of hydrogen-bond donors (Lipinski definition) is 1. The number of aliphatic carboxylic acids is 1. The zero-order valence-electron chi connectivity index (χ0n) is 11.9. The van der Waals surface area contributed by atoms with Gasteiger partial charge in [-0.05, 0) is 36.1 Å². The van der Waals surface area contributed by atoms with Crippen LogP contribution in [0.1, 0.15) is 24.0 Å². The second-order valence-electron chi connectivity index (χ2n) is 5.03. The molecular formula is C14H19NO5S. The number of sulfonamides is 1. The van der Waals surface area contributed by atoms with Gasteiger partial charge in [0.15, 0.2) is 0 Å². The Morgan fingerprint density at radius 2 is 2.14 bits per heavy atom. The summed E-state index contributed by atoms with van der Waals surface area (Å²) >= 11 is 0. The van der Waals surface area contributed by atoms with Gasteiger partial charge in [0, 0.05) is 19.5 Å². The third-order valence-corrected chi connectivity index (χ3v) is 5.48. The molecule has 0 saturated carbocycles. The molecule has 0 fully saturated rings. The van der Waals surface area contributed by atoms with Gasteiger partial charge in [-0.15, -0.1) is 0 Å². The fourth-order valence-electron chi connectivity index (χ4n) is 2.41. The minimum Gasteiger partial charge on any atom is -0.497 e. The topological polar surface area (TPSA) is 83.9 Å². The van der Waals surface area contributed by atoms with Crippen molar-refractivity contribution in [3.63, 3.8) is 0 Å². The van der Waals surface area contributed by atoms with Crippen LogP contribution in [0.5, 0.6) is 5.75 Å². The van der Waals surface area contributed by atoms with E-state index in [1.54, 1.807) is 7.11 Å². The van der Waals surface area contributed by atoms with Gasteiger partial charge in [0.25, 0.3) is 0 Å². The van der Waals surface area contributed by atoms with Crippen LogP contribution < -0.4 is 4.74 Å². The Balaban J connectivity index is 2.07. The number of carboxylic acids is 1. The van der Waals surface area contributed by atoms with Crippen LogP contribution >= 0.6 is 0 Å². The second-order valence-corrected chi connectivity index (χ2v) is 7.12. The monoisotopic (exact) mass is 313 g/mol. The molecule has 2 rings (SSSR count). The average molecular weight is 313 g/mol. The molecule has 1 heterocycles. The summed E-state index contributed by atoms with van der Waals surface area (Å²) in [4.78, 5) is 10.5. The van der Waals surface area contributed by atoms with Gasteiger partial charge < -0.3 is 9.84 Å². The van der Waals surface area contributed by atoms with Crippen molar-refractivity contribution < 1.29 is 23.1 Å². The highest BCUT2D eigenvalue weighted by Crippen LogP contribution is 2.25. The number of benzene rings is 1. The van der Waals surface area contributed by atoms with E-state index in [0.29, 0.717) is 25.3 Å². The van der Waals surface area contributed by atoms with Gasteiger partial charge in [-0.1, -0.05) is 6.07 Å². The van der Waals surface area contributed by atoms with Crippen LogP contribution in [0, 0.1) is 0 Å². The summed E-state index contributed by atoms with van der Waals surface area (Å²) < 4.78 is 31.1. The van der Waals surface area contributed by atoms with Crippen LogP contribution in [0.2, 0.25) is 0 Å². The molecule has 0 radical (unpaired) electrons. The Morgan fingerprint density at radius 1 is 1.38 bits per heavy atom. The molecule has 1 N–H and O–H groups in total. The maximum Gasteiger partial charge on any atom is 0.303 e. The number of ether oxygens (including phenoxy) is 1.